The van der Waals surface area contributed by atoms with Gasteiger partial charge in [0.05, 0.1) is 17.8 Å². The minimum atomic E-state index is 0.0206. The molecular weight excluding hydrogens is 302 g/mol. The van der Waals surface area contributed by atoms with E-state index in [1.807, 2.05) is 6.20 Å². The number of rotatable bonds is 4. The highest BCUT2D eigenvalue weighted by Crippen LogP contribution is 2.39. The number of fused-ring (bicyclic) bond motifs is 1. The average molecular weight is 329 g/mol. The van der Waals surface area contributed by atoms with Crippen LogP contribution in [0.3, 0.4) is 0 Å². The quantitative estimate of drug-likeness (QED) is 0.927. The van der Waals surface area contributed by atoms with E-state index in [1.165, 1.54) is 30.5 Å². The Morgan fingerprint density at radius 1 is 1.29 bits per heavy atom. The second-order valence-electron chi connectivity index (χ2n) is 8.23. The van der Waals surface area contributed by atoms with Gasteiger partial charge < -0.3 is 4.52 Å². The molecule has 4 rings (SSSR count). The zero-order chi connectivity index (χ0) is 16.9. The summed E-state index contributed by atoms with van der Waals surface area (Å²) in [5.41, 5.74) is 2.71. The fraction of sp³-hybridized carbons (Fsp3) is 0.722. The lowest BCUT2D eigenvalue weighted by atomic mass is 9.91. The summed E-state index contributed by atoms with van der Waals surface area (Å²) in [6.07, 6.45) is 7.82. The van der Waals surface area contributed by atoms with Gasteiger partial charge in [-0.1, -0.05) is 5.16 Å². The maximum Gasteiger partial charge on any atom is 0.243 e. The molecule has 1 N–H and O–H groups in total. The van der Waals surface area contributed by atoms with Crippen molar-refractivity contribution in [1.82, 2.24) is 25.2 Å². The van der Waals surface area contributed by atoms with Crippen LogP contribution in [0.1, 0.15) is 94.4 Å². The lowest BCUT2D eigenvalue weighted by Crippen LogP contribution is -2.30. The first-order valence-corrected chi connectivity index (χ1v) is 9.10. The standard InChI is InChI=1S/C18H27N5O/c1-11(17-21-16(22-24-17)12-8-9-12)20-14-6-5-7-15-13(14)10-19-23(15)18(2,3)4/h10-12,14,20H,5-9H2,1-4H3/t11-,14+/m0/s1. The molecule has 2 aromatic heterocycles. The van der Waals surface area contributed by atoms with Crippen molar-refractivity contribution in [3.63, 3.8) is 0 Å². The zero-order valence-electron chi connectivity index (χ0n) is 15.0. The lowest BCUT2D eigenvalue weighted by Gasteiger charge is -2.29. The Kier molecular flexibility index (Phi) is 3.75. The third kappa shape index (κ3) is 2.88. The highest BCUT2D eigenvalue weighted by Gasteiger charge is 2.32. The molecule has 0 radical (unpaired) electrons. The van der Waals surface area contributed by atoms with Crippen LogP contribution in [0.4, 0.5) is 0 Å². The number of nitrogens with zero attached hydrogens (tertiary/aromatic N) is 4. The van der Waals surface area contributed by atoms with E-state index in [0.717, 1.165) is 18.7 Å². The van der Waals surface area contributed by atoms with E-state index in [4.69, 9.17) is 4.52 Å². The van der Waals surface area contributed by atoms with Gasteiger partial charge in [-0.25, -0.2) is 0 Å². The first kappa shape index (κ1) is 15.8. The highest BCUT2D eigenvalue weighted by atomic mass is 16.5. The summed E-state index contributed by atoms with van der Waals surface area (Å²) in [5.74, 6) is 2.11. The second kappa shape index (κ2) is 5.69. The summed E-state index contributed by atoms with van der Waals surface area (Å²) in [6, 6.07) is 0.357. The third-order valence-electron chi connectivity index (χ3n) is 5.04. The van der Waals surface area contributed by atoms with Gasteiger partial charge in [0.15, 0.2) is 5.82 Å². The summed E-state index contributed by atoms with van der Waals surface area (Å²) < 4.78 is 7.65. The molecule has 130 valence electrons. The topological polar surface area (TPSA) is 68.8 Å². The van der Waals surface area contributed by atoms with Gasteiger partial charge in [-0.2, -0.15) is 10.1 Å². The van der Waals surface area contributed by atoms with Gasteiger partial charge in [-0.3, -0.25) is 10.00 Å². The Bertz CT molecular complexity index is 722. The SMILES string of the molecule is C[C@H](N[C@@H]1CCCc2c1cnn2C(C)(C)C)c1nc(C2CC2)no1. The Morgan fingerprint density at radius 3 is 2.79 bits per heavy atom. The molecule has 0 aliphatic heterocycles. The van der Waals surface area contributed by atoms with Crippen molar-refractivity contribution >= 4 is 0 Å². The van der Waals surface area contributed by atoms with Crippen LogP contribution < -0.4 is 5.32 Å². The zero-order valence-corrected chi connectivity index (χ0v) is 15.0. The van der Waals surface area contributed by atoms with Gasteiger partial charge in [0.1, 0.15) is 0 Å². The third-order valence-corrected chi connectivity index (χ3v) is 5.04. The summed E-state index contributed by atoms with van der Waals surface area (Å²) in [6.45, 7) is 8.72. The molecule has 1 saturated carbocycles. The van der Waals surface area contributed by atoms with Crippen LogP contribution in [0.25, 0.3) is 0 Å². The maximum atomic E-state index is 5.47. The number of hydrogen-bond acceptors (Lipinski definition) is 5. The molecule has 6 nitrogen and oxygen atoms in total. The van der Waals surface area contributed by atoms with Gasteiger partial charge in [0.25, 0.3) is 0 Å². The highest BCUT2D eigenvalue weighted by molar-refractivity contribution is 5.26. The fourth-order valence-corrected chi connectivity index (χ4v) is 3.61. The largest absolute Gasteiger partial charge is 0.338 e. The van der Waals surface area contributed by atoms with E-state index in [1.54, 1.807) is 0 Å². The van der Waals surface area contributed by atoms with E-state index in [2.05, 4.69) is 52.9 Å². The molecule has 2 atom stereocenters. The van der Waals surface area contributed by atoms with Crippen LogP contribution in [-0.2, 0) is 12.0 Å². The average Bonchev–Trinajstić information content (AvgIpc) is 3.09. The van der Waals surface area contributed by atoms with Crippen molar-refractivity contribution in [2.45, 2.75) is 83.3 Å². The van der Waals surface area contributed by atoms with Crippen molar-refractivity contribution in [3.8, 4) is 0 Å². The molecule has 2 aliphatic carbocycles. The number of hydrogen-bond donors (Lipinski definition) is 1. The molecule has 6 heteroatoms. The summed E-state index contributed by atoms with van der Waals surface area (Å²) in [7, 11) is 0. The van der Waals surface area contributed by atoms with Crippen LogP contribution in [-0.4, -0.2) is 19.9 Å². The Hall–Kier alpha value is -1.69. The molecule has 0 unspecified atom stereocenters. The van der Waals surface area contributed by atoms with E-state index >= 15 is 0 Å². The first-order chi connectivity index (χ1) is 11.4. The molecular formula is C18H27N5O. The molecule has 1 fully saturated rings. The van der Waals surface area contributed by atoms with E-state index in [9.17, 15) is 0 Å². The smallest absolute Gasteiger partial charge is 0.243 e. The number of nitrogens with one attached hydrogen (secondary N) is 1. The van der Waals surface area contributed by atoms with Crippen LogP contribution in [0.2, 0.25) is 0 Å². The molecule has 0 saturated heterocycles. The van der Waals surface area contributed by atoms with Gasteiger partial charge in [0.2, 0.25) is 5.89 Å². The minimum Gasteiger partial charge on any atom is -0.338 e. The summed E-state index contributed by atoms with van der Waals surface area (Å²) in [5, 5.41) is 12.5. The predicted molar refractivity (Wildman–Crippen MR) is 90.7 cm³/mol. The van der Waals surface area contributed by atoms with Gasteiger partial charge in [-0.05, 0) is 59.8 Å². The van der Waals surface area contributed by atoms with Gasteiger partial charge in [0, 0.05) is 23.2 Å². The van der Waals surface area contributed by atoms with Crippen molar-refractivity contribution in [1.29, 1.82) is 0 Å². The Labute approximate surface area is 143 Å². The summed E-state index contributed by atoms with van der Waals surface area (Å²) >= 11 is 0. The Morgan fingerprint density at radius 2 is 2.08 bits per heavy atom. The van der Waals surface area contributed by atoms with Gasteiger partial charge >= 0.3 is 0 Å². The molecule has 24 heavy (non-hydrogen) atoms. The van der Waals surface area contributed by atoms with Gasteiger partial charge in [-0.15, -0.1) is 0 Å². The first-order valence-electron chi connectivity index (χ1n) is 9.10. The lowest BCUT2D eigenvalue weighted by molar-refractivity contribution is 0.305. The van der Waals surface area contributed by atoms with E-state index < -0.39 is 0 Å². The molecule has 0 spiro atoms. The molecule has 2 aliphatic rings. The van der Waals surface area contributed by atoms with Crippen molar-refractivity contribution in [2.75, 3.05) is 0 Å². The predicted octanol–water partition coefficient (Wildman–Crippen LogP) is 3.63. The van der Waals surface area contributed by atoms with Crippen molar-refractivity contribution in [2.24, 2.45) is 0 Å². The molecule has 0 aromatic carbocycles. The maximum absolute atomic E-state index is 5.47. The molecule has 0 amide bonds. The molecule has 0 bridgehead atoms. The number of aromatic nitrogens is 4. The van der Waals surface area contributed by atoms with E-state index in [-0.39, 0.29) is 11.6 Å². The van der Waals surface area contributed by atoms with E-state index in [0.29, 0.717) is 17.9 Å². The Balaban J connectivity index is 1.52. The monoisotopic (exact) mass is 329 g/mol. The van der Waals surface area contributed by atoms with Crippen molar-refractivity contribution < 1.29 is 4.52 Å². The summed E-state index contributed by atoms with van der Waals surface area (Å²) in [4.78, 5) is 4.58. The molecule has 2 aromatic rings. The second-order valence-corrected chi connectivity index (χ2v) is 8.23. The van der Waals surface area contributed by atoms with Crippen LogP contribution in [0.5, 0.6) is 0 Å². The fourth-order valence-electron chi connectivity index (χ4n) is 3.61. The van der Waals surface area contributed by atoms with Crippen LogP contribution >= 0.6 is 0 Å². The van der Waals surface area contributed by atoms with Crippen LogP contribution in [0, 0.1) is 0 Å². The normalized spacial score (nSPS) is 22.4. The van der Waals surface area contributed by atoms with Crippen LogP contribution in [0.15, 0.2) is 10.7 Å². The minimum absolute atomic E-state index is 0.0206. The van der Waals surface area contributed by atoms with Crippen molar-refractivity contribution in [3.05, 3.63) is 29.2 Å². The molecule has 2 heterocycles.